The van der Waals surface area contributed by atoms with Crippen LogP contribution in [0.15, 0.2) is 0 Å². The minimum atomic E-state index is -0.208. The number of nitrogens with one attached hydrogen (secondary N) is 1. The number of carbonyl (C=O) groups excluding carboxylic acids is 1. The first-order valence-corrected chi connectivity index (χ1v) is 4.83. The van der Waals surface area contributed by atoms with Crippen LogP contribution in [0.25, 0.3) is 0 Å². The lowest BCUT2D eigenvalue weighted by molar-refractivity contribution is -0.130. The van der Waals surface area contributed by atoms with Crippen molar-refractivity contribution in [3.8, 4) is 0 Å². The smallest absolute Gasteiger partial charge is 0.249 e. The molecule has 1 rings (SSSR count). The molecule has 1 fully saturated rings. The molecule has 1 heterocycles. The van der Waals surface area contributed by atoms with Gasteiger partial charge in [-0.15, -0.1) is 11.6 Å². The Balaban J connectivity index is 2.10. The maximum atomic E-state index is 11.2. The molecule has 12 heavy (non-hydrogen) atoms. The first-order valence-electron chi connectivity index (χ1n) is 4.30. The van der Waals surface area contributed by atoms with Crippen LogP contribution >= 0.6 is 11.6 Å². The molecular formula is C8H14ClNO2. The summed E-state index contributed by atoms with van der Waals surface area (Å²) < 4.78 is 5.20. The molecule has 0 saturated carbocycles. The Bertz CT molecular complexity index is 146. The topological polar surface area (TPSA) is 38.3 Å². The van der Waals surface area contributed by atoms with Crippen molar-refractivity contribution in [3.63, 3.8) is 0 Å². The van der Waals surface area contributed by atoms with E-state index in [1.807, 2.05) is 0 Å². The van der Waals surface area contributed by atoms with Crippen molar-refractivity contribution in [2.45, 2.75) is 25.4 Å². The third-order valence-electron chi connectivity index (χ3n) is 1.83. The SMILES string of the molecule is O=C(NCCCCl)[C@@H]1CCCO1. The summed E-state index contributed by atoms with van der Waals surface area (Å²) in [6.07, 6.45) is 2.46. The van der Waals surface area contributed by atoms with Crippen LogP contribution < -0.4 is 5.32 Å². The van der Waals surface area contributed by atoms with Crippen LogP contribution in [0.4, 0.5) is 0 Å². The van der Waals surface area contributed by atoms with Gasteiger partial charge in [-0.05, 0) is 19.3 Å². The van der Waals surface area contributed by atoms with Crippen LogP contribution in [-0.4, -0.2) is 31.0 Å². The average Bonchev–Trinajstić information content (AvgIpc) is 2.56. The summed E-state index contributed by atoms with van der Waals surface area (Å²) in [5.41, 5.74) is 0. The van der Waals surface area contributed by atoms with Gasteiger partial charge in [0.2, 0.25) is 5.91 Å². The molecule has 1 N–H and O–H groups in total. The molecule has 0 spiro atoms. The Kier molecular flexibility index (Phi) is 4.40. The van der Waals surface area contributed by atoms with E-state index in [1.165, 1.54) is 0 Å². The van der Waals surface area contributed by atoms with Gasteiger partial charge in [-0.1, -0.05) is 0 Å². The van der Waals surface area contributed by atoms with Crippen molar-refractivity contribution in [2.24, 2.45) is 0 Å². The van der Waals surface area contributed by atoms with Crippen LogP contribution in [0, 0.1) is 0 Å². The maximum Gasteiger partial charge on any atom is 0.249 e. The van der Waals surface area contributed by atoms with Gasteiger partial charge in [0.15, 0.2) is 0 Å². The molecule has 1 amide bonds. The second-order valence-electron chi connectivity index (χ2n) is 2.84. The number of carbonyl (C=O) groups is 1. The normalized spacial score (nSPS) is 22.6. The van der Waals surface area contributed by atoms with Gasteiger partial charge >= 0.3 is 0 Å². The lowest BCUT2D eigenvalue weighted by Crippen LogP contribution is -2.34. The van der Waals surface area contributed by atoms with E-state index in [-0.39, 0.29) is 12.0 Å². The van der Waals surface area contributed by atoms with Crippen molar-refractivity contribution in [1.29, 1.82) is 0 Å². The predicted octanol–water partition coefficient (Wildman–Crippen LogP) is 0.910. The number of halogens is 1. The molecule has 0 aromatic rings. The molecule has 1 atom stereocenters. The molecular weight excluding hydrogens is 178 g/mol. The Labute approximate surface area is 77.4 Å². The van der Waals surface area contributed by atoms with Gasteiger partial charge in [-0.3, -0.25) is 4.79 Å². The summed E-state index contributed by atoms with van der Waals surface area (Å²) in [6.45, 7) is 1.37. The Morgan fingerprint density at radius 3 is 3.08 bits per heavy atom. The van der Waals surface area contributed by atoms with Crippen molar-refractivity contribution >= 4 is 17.5 Å². The first kappa shape index (κ1) is 9.81. The van der Waals surface area contributed by atoms with E-state index in [2.05, 4.69) is 5.32 Å². The summed E-state index contributed by atoms with van der Waals surface area (Å²) in [7, 11) is 0. The fourth-order valence-corrected chi connectivity index (χ4v) is 1.31. The minimum absolute atomic E-state index is 0.0117. The van der Waals surface area contributed by atoms with Crippen LogP contribution in [0.3, 0.4) is 0 Å². The first-order chi connectivity index (χ1) is 5.84. The fraction of sp³-hybridized carbons (Fsp3) is 0.875. The summed E-state index contributed by atoms with van der Waals surface area (Å²) in [5, 5.41) is 2.78. The molecule has 70 valence electrons. The van der Waals surface area contributed by atoms with Crippen molar-refractivity contribution < 1.29 is 9.53 Å². The van der Waals surface area contributed by atoms with E-state index < -0.39 is 0 Å². The monoisotopic (exact) mass is 191 g/mol. The zero-order valence-electron chi connectivity index (χ0n) is 7.01. The lowest BCUT2D eigenvalue weighted by atomic mass is 10.2. The molecule has 0 aromatic carbocycles. The number of amides is 1. The molecule has 0 bridgehead atoms. The molecule has 1 aliphatic rings. The van der Waals surface area contributed by atoms with Crippen molar-refractivity contribution in [2.75, 3.05) is 19.0 Å². The molecule has 3 nitrogen and oxygen atoms in total. The standard InChI is InChI=1S/C8H14ClNO2/c9-4-2-5-10-8(11)7-3-1-6-12-7/h7H,1-6H2,(H,10,11)/t7-/m0/s1. The summed E-state index contributed by atoms with van der Waals surface area (Å²) in [5.74, 6) is 0.601. The van der Waals surface area contributed by atoms with E-state index >= 15 is 0 Å². The van der Waals surface area contributed by atoms with Gasteiger partial charge in [-0.2, -0.15) is 0 Å². The van der Waals surface area contributed by atoms with Crippen LogP contribution in [0.5, 0.6) is 0 Å². The Morgan fingerprint density at radius 1 is 1.67 bits per heavy atom. The van der Waals surface area contributed by atoms with Crippen molar-refractivity contribution in [1.82, 2.24) is 5.32 Å². The molecule has 0 aliphatic carbocycles. The number of hydrogen-bond acceptors (Lipinski definition) is 2. The van der Waals surface area contributed by atoms with Gasteiger partial charge in [0, 0.05) is 19.0 Å². The fourth-order valence-electron chi connectivity index (χ4n) is 1.18. The highest BCUT2D eigenvalue weighted by Gasteiger charge is 2.22. The second kappa shape index (κ2) is 5.38. The largest absolute Gasteiger partial charge is 0.368 e. The van der Waals surface area contributed by atoms with Gasteiger partial charge < -0.3 is 10.1 Å². The second-order valence-corrected chi connectivity index (χ2v) is 3.21. The summed E-state index contributed by atoms with van der Waals surface area (Å²) in [4.78, 5) is 11.2. The highest BCUT2D eigenvalue weighted by atomic mass is 35.5. The number of alkyl halides is 1. The molecule has 4 heteroatoms. The van der Waals surface area contributed by atoms with E-state index in [0.29, 0.717) is 19.0 Å². The number of ether oxygens (including phenoxy) is 1. The molecule has 0 unspecified atom stereocenters. The van der Waals surface area contributed by atoms with E-state index in [0.717, 1.165) is 19.3 Å². The number of rotatable bonds is 4. The predicted molar refractivity (Wildman–Crippen MR) is 47.3 cm³/mol. The third-order valence-corrected chi connectivity index (χ3v) is 2.10. The minimum Gasteiger partial charge on any atom is -0.368 e. The van der Waals surface area contributed by atoms with Crippen LogP contribution in [-0.2, 0) is 9.53 Å². The third kappa shape index (κ3) is 2.99. The zero-order chi connectivity index (χ0) is 8.81. The van der Waals surface area contributed by atoms with Gasteiger partial charge in [0.25, 0.3) is 0 Å². The van der Waals surface area contributed by atoms with Crippen LogP contribution in [0.1, 0.15) is 19.3 Å². The Morgan fingerprint density at radius 2 is 2.50 bits per heavy atom. The van der Waals surface area contributed by atoms with E-state index in [4.69, 9.17) is 16.3 Å². The van der Waals surface area contributed by atoms with Gasteiger partial charge in [0.1, 0.15) is 6.10 Å². The van der Waals surface area contributed by atoms with Crippen molar-refractivity contribution in [3.05, 3.63) is 0 Å². The molecule has 1 aliphatic heterocycles. The lowest BCUT2D eigenvalue weighted by Gasteiger charge is -2.08. The number of hydrogen-bond donors (Lipinski definition) is 1. The average molecular weight is 192 g/mol. The molecule has 0 aromatic heterocycles. The Hall–Kier alpha value is -0.280. The van der Waals surface area contributed by atoms with E-state index in [1.54, 1.807) is 0 Å². The maximum absolute atomic E-state index is 11.2. The quantitative estimate of drug-likeness (QED) is 0.530. The highest BCUT2D eigenvalue weighted by molar-refractivity contribution is 6.17. The summed E-state index contributed by atoms with van der Waals surface area (Å²) in [6, 6.07) is 0. The zero-order valence-corrected chi connectivity index (χ0v) is 7.77. The van der Waals surface area contributed by atoms with Crippen LogP contribution in [0.2, 0.25) is 0 Å². The van der Waals surface area contributed by atoms with E-state index in [9.17, 15) is 4.79 Å². The highest BCUT2D eigenvalue weighted by Crippen LogP contribution is 2.11. The molecule has 0 radical (unpaired) electrons. The summed E-state index contributed by atoms with van der Waals surface area (Å²) >= 11 is 5.46. The molecule has 1 saturated heterocycles. The van der Waals surface area contributed by atoms with Gasteiger partial charge in [-0.25, -0.2) is 0 Å². The van der Waals surface area contributed by atoms with Gasteiger partial charge in [0.05, 0.1) is 0 Å².